The van der Waals surface area contributed by atoms with E-state index in [2.05, 4.69) is 45.5 Å². The van der Waals surface area contributed by atoms with Gasteiger partial charge in [0, 0.05) is 11.0 Å². The minimum absolute atomic E-state index is 0.863. The summed E-state index contributed by atoms with van der Waals surface area (Å²) in [7, 11) is 0. The Bertz CT molecular complexity index is 297. The lowest BCUT2D eigenvalue weighted by atomic mass is 10.1. The number of thioether (sulfide) groups is 1. The van der Waals surface area contributed by atoms with Crippen LogP contribution in [0.25, 0.3) is 0 Å². The van der Waals surface area contributed by atoms with E-state index in [1.165, 1.54) is 5.56 Å². The van der Waals surface area contributed by atoms with Gasteiger partial charge >= 0.3 is 0 Å². The Morgan fingerprint density at radius 2 is 2.07 bits per heavy atom. The third kappa shape index (κ3) is 4.44. The molecule has 0 aliphatic heterocycles. The van der Waals surface area contributed by atoms with Crippen LogP contribution in [0.4, 0.5) is 0 Å². The first-order chi connectivity index (χ1) is 6.72. The second-order valence-electron chi connectivity index (χ2n) is 2.79. The van der Waals surface area contributed by atoms with Crippen LogP contribution in [0.5, 0.6) is 0 Å². The maximum Gasteiger partial charge on any atom is 0.133 e. The van der Waals surface area contributed by atoms with Crippen LogP contribution in [0.15, 0.2) is 28.7 Å². The highest BCUT2D eigenvalue weighted by molar-refractivity contribution is 9.10. The number of nitrogens with one attached hydrogen (secondary N) is 1. The molecule has 0 unspecified atom stereocenters. The number of rotatable bonds is 3. The lowest BCUT2D eigenvalue weighted by Crippen LogP contribution is -2.20. The van der Waals surface area contributed by atoms with Gasteiger partial charge in [-0.3, -0.25) is 0 Å². The molecule has 1 aromatic carbocycles. The van der Waals surface area contributed by atoms with Crippen molar-refractivity contribution in [2.45, 2.75) is 6.42 Å². The topological polar surface area (TPSA) is 12.0 Å². The summed E-state index contributed by atoms with van der Waals surface area (Å²) >= 11 is 10.0. The van der Waals surface area contributed by atoms with Crippen molar-refractivity contribution >= 4 is 44.2 Å². The third-order valence-corrected chi connectivity index (χ3v) is 3.47. The molecule has 1 rings (SSSR count). The maximum absolute atomic E-state index is 5.04. The van der Waals surface area contributed by atoms with E-state index in [4.69, 9.17) is 12.2 Å². The van der Waals surface area contributed by atoms with Gasteiger partial charge in [0.15, 0.2) is 0 Å². The zero-order valence-electron chi connectivity index (χ0n) is 7.92. The highest BCUT2D eigenvalue weighted by Gasteiger charge is 1.94. The molecule has 0 saturated heterocycles. The van der Waals surface area contributed by atoms with E-state index in [9.17, 15) is 0 Å². The lowest BCUT2D eigenvalue weighted by molar-refractivity contribution is 0.882. The van der Waals surface area contributed by atoms with Gasteiger partial charge in [0.25, 0.3) is 0 Å². The van der Waals surface area contributed by atoms with Crippen LogP contribution in [0, 0.1) is 0 Å². The highest BCUT2D eigenvalue weighted by atomic mass is 79.9. The number of thiocarbonyl (C=S) groups is 1. The second-order valence-corrected chi connectivity index (χ2v) is 5.19. The molecular formula is C10H12BrNS2. The standard InChI is InChI=1S/C10H12BrNS2/c1-14-10(13)12-7-6-8-2-4-9(11)5-3-8/h2-5H,6-7H2,1H3,(H,12,13). The first-order valence-electron chi connectivity index (χ1n) is 4.28. The molecule has 0 aliphatic rings. The monoisotopic (exact) mass is 289 g/mol. The van der Waals surface area contributed by atoms with E-state index in [0.717, 1.165) is 21.8 Å². The Morgan fingerprint density at radius 1 is 1.43 bits per heavy atom. The van der Waals surface area contributed by atoms with E-state index in [1.807, 2.05) is 6.26 Å². The van der Waals surface area contributed by atoms with Crippen molar-refractivity contribution in [3.63, 3.8) is 0 Å². The first-order valence-corrected chi connectivity index (χ1v) is 6.71. The predicted molar refractivity (Wildman–Crippen MR) is 72.0 cm³/mol. The molecule has 1 nitrogen and oxygen atoms in total. The fourth-order valence-corrected chi connectivity index (χ4v) is 1.64. The van der Waals surface area contributed by atoms with E-state index in [1.54, 1.807) is 11.8 Å². The zero-order chi connectivity index (χ0) is 10.4. The van der Waals surface area contributed by atoms with Gasteiger partial charge in [0.05, 0.1) is 0 Å². The molecule has 0 fully saturated rings. The normalized spacial score (nSPS) is 9.86. The van der Waals surface area contributed by atoms with Gasteiger partial charge in [-0.2, -0.15) is 0 Å². The number of halogens is 1. The average molecular weight is 290 g/mol. The summed E-state index contributed by atoms with van der Waals surface area (Å²) in [6.45, 7) is 0.904. The molecular weight excluding hydrogens is 278 g/mol. The summed E-state index contributed by atoms with van der Waals surface area (Å²) in [5, 5.41) is 3.18. The Morgan fingerprint density at radius 3 is 2.64 bits per heavy atom. The van der Waals surface area contributed by atoms with E-state index < -0.39 is 0 Å². The second kappa shape index (κ2) is 6.43. The molecule has 0 radical (unpaired) electrons. The molecule has 76 valence electrons. The molecule has 0 aliphatic carbocycles. The Balaban J connectivity index is 2.31. The van der Waals surface area contributed by atoms with Crippen LogP contribution in [-0.2, 0) is 6.42 Å². The van der Waals surface area contributed by atoms with Gasteiger partial charge in [-0.05, 0) is 30.4 Å². The average Bonchev–Trinajstić information content (AvgIpc) is 2.21. The number of hydrogen-bond donors (Lipinski definition) is 1. The van der Waals surface area contributed by atoms with E-state index >= 15 is 0 Å². The summed E-state index contributed by atoms with van der Waals surface area (Å²) in [4.78, 5) is 0. The lowest BCUT2D eigenvalue weighted by Gasteiger charge is -2.05. The van der Waals surface area contributed by atoms with Crippen molar-refractivity contribution < 1.29 is 0 Å². The summed E-state index contributed by atoms with van der Waals surface area (Å²) in [6, 6.07) is 8.35. The fourth-order valence-electron chi connectivity index (χ4n) is 1.03. The minimum atomic E-state index is 0.863. The summed E-state index contributed by atoms with van der Waals surface area (Å²) in [6.07, 6.45) is 2.99. The van der Waals surface area contributed by atoms with Crippen LogP contribution < -0.4 is 5.32 Å². The van der Waals surface area contributed by atoms with Gasteiger partial charge in [-0.15, -0.1) is 11.8 Å². The molecule has 0 spiro atoms. The third-order valence-electron chi connectivity index (χ3n) is 1.78. The van der Waals surface area contributed by atoms with Crippen molar-refractivity contribution in [3.05, 3.63) is 34.3 Å². The van der Waals surface area contributed by atoms with Gasteiger partial charge in [0.2, 0.25) is 0 Å². The van der Waals surface area contributed by atoms with E-state index in [0.29, 0.717) is 0 Å². The number of benzene rings is 1. The van der Waals surface area contributed by atoms with Crippen molar-refractivity contribution in [1.29, 1.82) is 0 Å². The molecule has 0 atom stereocenters. The van der Waals surface area contributed by atoms with E-state index in [-0.39, 0.29) is 0 Å². The van der Waals surface area contributed by atoms with Gasteiger partial charge in [-0.1, -0.05) is 40.3 Å². The minimum Gasteiger partial charge on any atom is -0.371 e. The highest BCUT2D eigenvalue weighted by Crippen LogP contribution is 2.10. The molecule has 1 N–H and O–H groups in total. The summed E-state index contributed by atoms with van der Waals surface area (Å²) in [5.74, 6) is 0. The number of hydrogen-bond acceptors (Lipinski definition) is 2. The van der Waals surface area contributed by atoms with Crippen molar-refractivity contribution in [1.82, 2.24) is 5.32 Å². The quantitative estimate of drug-likeness (QED) is 0.858. The Labute approximate surface area is 103 Å². The molecule has 0 bridgehead atoms. The van der Waals surface area contributed by atoms with Crippen molar-refractivity contribution in [2.24, 2.45) is 0 Å². The van der Waals surface area contributed by atoms with Crippen LogP contribution in [-0.4, -0.2) is 17.1 Å². The van der Waals surface area contributed by atoms with Crippen LogP contribution >= 0.6 is 39.9 Å². The van der Waals surface area contributed by atoms with Gasteiger partial charge < -0.3 is 5.32 Å². The predicted octanol–water partition coefficient (Wildman–Crippen LogP) is 3.23. The summed E-state index contributed by atoms with van der Waals surface area (Å²) in [5.41, 5.74) is 1.32. The van der Waals surface area contributed by atoms with Crippen molar-refractivity contribution in [2.75, 3.05) is 12.8 Å². The SMILES string of the molecule is CSC(=S)NCCc1ccc(Br)cc1. The van der Waals surface area contributed by atoms with Gasteiger partial charge in [-0.25, -0.2) is 0 Å². The largest absolute Gasteiger partial charge is 0.371 e. The maximum atomic E-state index is 5.04. The molecule has 0 heterocycles. The fraction of sp³-hybridized carbons (Fsp3) is 0.300. The van der Waals surface area contributed by atoms with Crippen LogP contribution in [0.2, 0.25) is 0 Å². The molecule has 4 heteroatoms. The molecule has 1 aromatic rings. The molecule has 14 heavy (non-hydrogen) atoms. The summed E-state index contributed by atoms with van der Waals surface area (Å²) < 4.78 is 1.98. The molecule has 0 amide bonds. The van der Waals surface area contributed by atoms with Gasteiger partial charge in [0.1, 0.15) is 4.32 Å². The Kier molecular flexibility index (Phi) is 5.52. The smallest absolute Gasteiger partial charge is 0.133 e. The molecule has 0 aromatic heterocycles. The molecule has 0 saturated carbocycles. The Hall–Kier alpha value is -0.0600. The van der Waals surface area contributed by atoms with Crippen molar-refractivity contribution in [3.8, 4) is 0 Å². The zero-order valence-corrected chi connectivity index (χ0v) is 11.1. The first kappa shape index (κ1) is 12.0. The van der Waals surface area contributed by atoms with Crippen LogP contribution in [0.1, 0.15) is 5.56 Å². The van der Waals surface area contributed by atoms with Crippen LogP contribution in [0.3, 0.4) is 0 Å².